The molecule has 3 rings (SSSR count). The molecule has 30 heavy (non-hydrogen) atoms. The number of nitrogens with one attached hydrogen (secondary N) is 1. The summed E-state index contributed by atoms with van der Waals surface area (Å²) in [6.45, 7) is 11.0. The molecule has 0 saturated heterocycles. The molecule has 5 nitrogen and oxygen atoms in total. The molecule has 0 radical (unpaired) electrons. The smallest absolute Gasteiger partial charge is 0.407 e. The van der Waals surface area contributed by atoms with Crippen LogP contribution in [0.25, 0.3) is 11.1 Å². The van der Waals surface area contributed by atoms with E-state index < -0.39 is 20.5 Å². The van der Waals surface area contributed by atoms with E-state index in [0.29, 0.717) is 0 Å². The predicted molar refractivity (Wildman–Crippen MR) is 122 cm³/mol. The van der Waals surface area contributed by atoms with Gasteiger partial charge in [-0.25, -0.2) is 4.79 Å². The summed E-state index contributed by atoms with van der Waals surface area (Å²) in [7, 11) is -2.03. The molecule has 1 aliphatic carbocycles. The number of benzene rings is 2. The summed E-state index contributed by atoms with van der Waals surface area (Å²) in [5.41, 5.74) is 4.76. The first-order valence-corrected chi connectivity index (χ1v) is 13.4. The summed E-state index contributed by atoms with van der Waals surface area (Å²) in [6.07, 6.45) is -0.930. The van der Waals surface area contributed by atoms with Crippen molar-refractivity contribution in [2.24, 2.45) is 0 Å². The van der Waals surface area contributed by atoms with Crippen LogP contribution in [0.15, 0.2) is 48.5 Å². The van der Waals surface area contributed by atoms with Crippen LogP contribution in [0.2, 0.25) is 18.1 Å². The molecule has 0 aromatic heterocycles. The highest BCUT2D eigenvalue weighted by molar-refractivity contribution is 6.74. The standard InChI is InChI=1S/C24H33NO4Si/c1-24(2,3)30(4,5)29-17(15-26)14-25-23(27)28-16-22-20-12-8-6-10-18(20)19-11-7-9-13-21(19)22/h6-13,17,22,26H,14-16H2,1-5H3,(H,25,27). The average Bonchev–Trinajstić information content (AvgIpc) is 3.02. The maximum atomic E-state index is 12.3. The van der Waals surface area contributed by atoms with Crippen molar-refractivity contribution in [1.82, 2.24) is 5.32 Å². The number of hydrogen-bond donors (Lipinski definition) is 2. The van der Waals surface area contributed by atoms with E-state index in [9.17, 15) is 9.90 Å². The van der Waals surface area contributed by atoms with Gasteiger partial charge in [0.1, 0.15) is 6.61 Å². The van der Waals surface area contributed by atoms with Gasteiger partial charge in [0.05, 0.1) is 12.7 Å². The molecule has 2 N–H and O–H groups in total. The minimum Gasteiger partial charge on any atom is -0.449 e. The molecule has 2 aromatic rings. The van der Waals surface area contributed by atoms with Crippen LogP contribution in [-0.2, 0) is 9.16 Å². The molecule has 1 amide bonds. The van der Waals surface area contributed by atoms with E-state index >= 15 is 0 Å². The predicted octanol–water partition coefficient (Wildman–Crippen LogP) is 4.91. The molecular weight excluding hydrogens is 394 g/mol. The van der Waals surface area contributed by atoms with Gasteiger partial charge in [-0.05, 0) is 40.4 Å². The zero-order valence-electron chi connectivity index (χ0n) is 18.6. The molecule has 0 saturated carbocycles. The molecule has 162 valence electrons. The highest BCUT2D eigenvalue weighted by atomic mass is 28.4. The molecule has 0 heterocycles. The number of aliphatic hydroxyl groups is 1. The molecule has 0 bridgehead atoms. The van der Waals surface area contributed by atoms with Gasteiger partial charge in [-0.2, -0.15) is 0 Å². The number of ether oxygens (including phenoxy) is 1. The van der Waals surface area contributed by atoms with E-state index in [1.54, 1.807) is 0 Å². The largest absolute Gasteiger partial charge is 0.449 e. The van der Waals surface area contributed by atoms with Gasteiger partial charge in [0.25, 0.3) is 0 Å². The van der Waals surface area contributed by atoms with E-state index in [0.717, 1.165) is 0 Å². The van der Waals surface area contributed by atoms with Crippen LogP contribution in [0.5, 0.6) is 0 Å². The van der Waals surface area contributed by atoms with E-state index in [1.807, 2.05) is 24.3 Å². The van der Waals surface area contributed by atoms with E-state index in [1.165, 1.54) is 22.3 Å². The Hall–Kier alpha value is -2.15. The van der Waals surface area contributed by atoms with Crippen molar-refractivity contribution >= 4 is 14.4 Å². The third-order valence-corrected chi connectivity index (χ3v) is 10.8. The van der Waals surface area contributed by atoms with Gasteiger partial charge >= 0.3 is 6.09 Å². The lowest BCUT2D eigenvalue weighted by Gasteiger charge is -2.38. The Morgan fingerprint density at radius 2 is 1.60 bits per heavy atom. The van der Waals surface area contributed by atoms with Gasteiger partial charge in [0.15, 0.2) is 8.32 Å². The molecule has 6 heteroatoms. The number of alkyl carbamates (subject to hydrolysis) is 1. The van der Waals surface area contributed by atoms with Crippen LogP contribution in [-0.4, -0.2) is 45.4 Å². The van der Waals surface area contributed by atoms with Gasteiger partial charge in [0.2, 0.25) is 0 Å². The number of carbonyl (C=O) groups is 1. The molecule has 0 spiro atoms. The third kappa shape index (κ3) is 4.77. The van der Waals surface area contributed by atoms with Crippen molar-refractivity contribution in [2.75, 3.05) is 19.8 Å². The number of rotatable bonds is 7. The third-order valence-electron chi connectivity index (χ3n) is 6.29. The molecule has 2 aromatic carbocycles. The summed E-state index contributed by atoms with van der Waals surface area (Å²) in [5.74, 6) is 0.0280. The van der Waals surface area contributed by atoms with E-state index in [-0.39, 0.29) is 30.7 Å². The second-order valence-electron chi connectivity index (χ2n) is 9.39. The molecule has 0 fully saturated rings. The van der Waals surface area contributed by atoms with Crippen LogP contribution < -0.4 is 5.32 Å². The maximum Gasteiger partial charge on any atom is 0.407 e. The van der Waals surface area contributed by atoms with Gasteiger partial charge in [-0.3, -0.25) is 0 Å². The van der Waals surface area contributed by atoms with Crippen LogP contribution in [0.1, 0.15) is 37.8 Å². The summed E-state index contributed by atoms with van der Waals surface area (Å²) < 4.78 is 11.7. The lowest BCUT2D eigenvalue weighted by Crippen LogP contribution is -2.48. The molecule has 1 unspecified atom stereocenters. The lowest BCUT2D eigenvalue weighted by atomic mass is 9.98. The maximum absolute atomic E-state index is 12.3. The van der Waals surface area contributed by atoms with Crippen LogP contribution >= 0.6 is 0 Å². The zero-order valence-corrected chi connectivity index (χ0v) is 19.6. The van der Waals surface area contributed by atoms with Gasteiger partial charge in [0, 0.05) is 12.5 Å². The van der Waals surface area contributed by atoms with Crippen LogP contribution in [0.4, 0.5) is 4.79 Å². The summed E-state index contributed by atoms with van der Waals surface area (Å²) in [4.78, 5) is 12.3. The zero-order chi connectivity index (χ0) is 21.9. The monoisotopic (exact) mass is 427 g/mol. The first-order chi connectivity index (χ1) is 14.1. The van der Waals surface area contributed by atoms with Crippen molar-refractivity contribution in [3.63, 3.8) is 0 Å². The Morgan fingerprint density at radius 3 is 2.10 bits per heavy atom. The van der Waals surface area contributed by atoms with Gasteiger partial charge < -0.3 is 19.6 Å². The van der Waals surface area contributed by atoms with Crippen molar-refractivity contribution in [3.05, 3.63) is 59.7 Å². The van der Waals surface area contributed by atoms with Gasteiger partial charge in [-0.15, -0.1) is 0 Å². The molecule has 1 atom stereocenters. The second kappa shape index (κ2) is 8.92. The number of amides is 1. The van der Waals surface area contributed by atoms with Crippen molar-refractivity contribution in [1.29, 1.82) is 0 Å². The highest BCUT2D eigenvalue weighted by Crippen LogP contribution is 2.44. The fourth-order valence-electron chi connectivity index (χ4n) is 3.58. The fourth-order valence-corrected chi connectivity index (χ4v) is 4.93. The Bertz CT molecular complexity index is 845. The Balaban J connectivity index is 1.57. The minimum absolute atomic E-state index is 0.0280. The summed E-state index contributed by atoms with van der Waals surface area (Å²) in [6, 6.07) is 16.5. The number of aliphatic hydroxyl groups excluding tert-OH is 1. The van der Waals surface area contributed by atoms with Crippen LogP contribution in [0.3, 0.4) is 0 Å². The lowest BCUT2D eigenvalue weighted by molar-refractivity contribution is 0.0946. The SMILES string of the molecule is CC(C)(C)[Si](C)(C)OC(CO)CNC(=O)OCC1c2ccccc2-c2ccccc21. The number of fused-ring (bicyclic) bond motifs is 3. The average molecular weight is 428 g/mol. The second-order valence-corrected chi connectivity index (χ2v) is 14.1. The highest BCUT2D eigenvalue weighted by Gasteiger charge is 2.39. The number of carbonyl (C=O) groups excluding carboxylic acids is 1. The van der Waals surface area contributed by atoms with Crippen molar-refractivity contribution < 1.29 is 19.1 Å². The molecule has 1 aliphatic rings. The topological polar surface area (TPSA) is 67.8 Å². The normalized spacial score (nSPS) is 14.7. The molecular formula is C24H33NO4Si. The van der Waals surface area contributed by atoms with E-state index in [4.69, 9.17) is 9.16 Å². The minimum atomic E-state index is -2.03. The Kier molecular flexibility index (Phi) is 6.70. The van der Waals surface area contributed by atoms with Crippen molar-refractivity contribution in [2.45, 2.75) is 50.9 Å². The number of hydrogen-bond acceptors (Lipinski definition) is 4. The molecule has 0 aliphatic heterocycles. The van der Waals surface area contributed by atoms with Gasteiger partial charge in [-0.1, -0.05) is 69.3 Å². The summed E-state index contributed by atoms with van der Waals surface area (Å²) >= 11 is 0. The van der Waals surface area contributed by atoms with E-state index in [2.05, 4.69) is 63.4 Å². The first-order valence-electron chi connectivity index (χ1n) is 10.5. The fraction of sp³-hybridized carbons (Fsp3) is 0.458. The Labute approximate surface area is 180 Å². The van der Waals surface area contributed by atoms with Crippen molar-refractivity contribution in [3.8, 4) is 11.1 Å². The quantitative estimate of drug-likeness (QED) is 0.616. The first kappa shape index (κ1) is 22.5. The Morgan fingerprint density at radius 1 is 1.07 bits per heavy atom. The summed E-state index contributed by atoms with van der Waals surface area (Å²) in [5, 5.41) is 12.5. The van der Waals surface area contributed by atoms with Crippen LogP contribution in [0, 0.1) is 0 Å².